The van der Waals surface area contributed by atoms with Gasteiger partial charge in [-0.15, -0.1) is 0 Å². The first-order valence-corrected chi connectivity index (χ1v) is 8.27. The topological polar surface area (TPSA) is 95.5 Å². The maximum atomic E-state index is 12.0. The smallest absolute Gasteiger partial charge is 0.305 e. The molecule has 1 aromatic rings. The molecule has 0 saturated carbocycles. The van der Waals surface area contributed by atoms with Gasteiger partial charge in [-0.05, 0) is 30.5 Å². The number of aliphatic carboxylic acids is 1. The number of amides is 2. The van der Waals surface area contributed by atoms with Crippen LogP contribution in [0.5, 0.6) is 0 Å². The van der Waals surface area contributed by atoms with Crippen molar-refractivity contribution in [1.29, 1.82) is 0 Å². The molecule has 0 aliphatic heterocycles. The highest BCUT2D eigenvalue weighted by molar-refractivity contribution is 6.30. The molecular weight excluding hydrogens is 332 g/mol. The lowest BCUT2D eigenvalue weighted by molar-refractivity contribution is -0.137. The summed E-state index contributed by atoms with van der Waals surface area (Å²) < 4.78 is 0. The van der Waals surface area contributed by atoms with Gasteiger partial charge in [0, 0.05) is 24.9 Å². The summed E-state index contributed by atoms with van der Waals surface area (Å²) in [6, 6.07) is 6.18. The summed E-state index contributed by atoms with van der Waals surface area (Å²) >= 11 is 5.83. The van der Waals surface area contributed by atoms with Crippen LogP contribution in [0.4, 0.5) is 0 Å². The minimum absolute atomic E-state index is 0.0628. The van der Waals surface area contributed by atoms with Gasteiger partial charge in [0.2, 0.25) is 11.8 Å². The monoisotopic (exact) mass is 354 g/mol. The molecule has 1 rings (SSSR count). The van der Waals surface area contributed by atoms with Crippen LogP contribution in [0.3, 0.4) is 0 Å². The molecule has 132 valence electrons. The molecule has 1 aromatic carbocycles. The van der Waals surface area contributed by atoms with Crippen molar-refractivity contribution in [2.45, 2.75) is 45.1 Å². The van der Waals surface area contributed by atoms with E-state index in [4.69, 9.17) is 16.7 Å². The Morgan fingerprint density at radius 1 is 1.12 bits per heavy atom. The minimum atomic E-state index is -0.981. The lowest BCUT2D eigenvalue weighted by Crippen LogP contribution is -2.30. The predicted octanol–water partition coefficient (Wildman–Crippen LogP) is 2.67. The van der Waals surface area contributed by atoms with Crippen LogP contribution in [0, 0.1) is 0 Å². The third-order valence-corrected chi connectivity index (χ3v) is 3.69. The maximum absolute atomic E-state index is 12.0. The highest BCUT2D eigenvalue weighted by atomic mass is 35.5. The van der Waals surface area contributed by atoms with Crippen molar-refractivity contribution < 1.29 is 19.5 Å². The van der Waals surface area contributed by atoms with Gasteiger partial charge in [0.25, 0.3) is 0 Å². The zero-order valence-electron chi connectivity index (χ0n) is 13.7. The number of hydrogen-bond donors (Lipinski definition) is 3. The number of carbonyl (C=O) groups is 3. The summed E-state index contributed by atoms with van der Waals surface area (Å²) in [6.45, 7) is 2.07. The Bertz CT molecular complexity index is 560. The Morgan fingerprint density at radius 2 is 1.79 bits per heavy atom. The molecule has 0 aliphatic carbocycles. The molecule has 0 saturated heterocycles. The zero-order chi connectivity index (χ0) is 17.9. The lowest BCUT2D eigenvalue weighted by Gasteiger charge is -2.17. The highest BCUT2D eigenvalue weighted by Gasteiger charge is 2.17. The summed E-state index contributed by atoms with van der Waals surface area (Å²) in [5.41, 5.74) is 0.709. The number of carboxylic acid groups (broad SMARTS) is 1. The Morgan fingerprint density at radius 3 is 2.38 bits per heavy atom. The molecule has 24 heavy (non-hydrogen) atoms. The van der Waals surface area contributed by atoms with Crippen molar-refractivity contribution in [3.8, 4) is 0 Å². The molecule has 7 heteroatoms. The molecule has 0 heterocycles. The fourth-order valence-corrected chi connectivity index (χ4v) is 2.37. The number of halogens is 1. The largest absolute Gasteiger partial charge is 0.481 e. The standard InChI is InChI=1S/C17H23ClN2O4/c1-12(21)19-10-4-2-3-5-16(22)20-15(11-17(23)24)13-6-8-14(18)9-7-13/h6-9,15H,2-5,10-11H2,1H3,(H,19,21)(H,20,22)(H,23,24)/t15-/m0/s1. The van der Waals surface area contributed by atoms with Gasteiger partial charge in [0.05, 0.1) is 12.5 Å². The second-order valence-corrected chi connectivity index (χ2v) is 6.00. The molecule has 0 aliphatic rings. The first-order chi connectivity index (χ1) is 11.4. The van der Waals surface area contributed by atoms with Gasteiger partial charge in [0.15, 0.2) is 0 Å². The normalized spacial score (nSPS) is 11.6. The van der Waals surface area contributed by atoms with Crippen LogP contribution in [-0.2, 0) is 14.4 Å². The molecule has 3 N–H and O–H groups in total. The number of hydrogen-bond acceptors (Lipinski definition) is 3. The van der Waals surface area contributed by atoms with Crippen LogP contribution in [0.2, 0.25) is 5.02 Å². The Labute approximate surface area is 146 Å². The van der Waals surface area contributed by atoms with E-state index < -0.39 is 12.0 Å². The molecule has 6 nitrogen and oxygen atoms in total. The molecule has 0 radical (unpaired) electrons. The Kier molecular flexibility index (Phi) is 8.86. The summed E-state index contributed by atoms with van der Waals surface area (Å²) in [7, 11) is 0. The minimum Gasteiger partial charge on any atom is -0.481 e. The fourth-order valence-electron chi connectivity index (χ4n) is 2.24. The molecule has 0 spiro atoms. The number of benzene rings is 1. The second-order valence-electron chi connectivity index (χ2n) is 5.56. The summed E-state index contributed by atoms with van der Waals surface area (Å²) in [5.74, 6) is -1.23. The van der Waals surface area contributed by atoms with Crippen molar-refractivity contribution in [1.82, 2.24) is 10.6 Å². The molecule has 2 amide bonds. The first-order valence-electron chi connectivity index (χ1n) is 7.89. The van der Waals surface area contributed by atoms with E-state index in [2.05, 4.69) is 10.6 Å². The van der Waals surface area contributed by atoms with Gasteiger partial charge in [-0.3, -0.25) is 14.4 Å². The van der Waals surface area contributed by atoms with Crippen molar-refractivity contribution >= 4 is 29.4 Å². The number of nitrogens with one attached hydrogen (secondary N) is 2. The van der Waals surface area contributed by atoms with E-state index in [9.17, 15) is 14.4 Å². The molecule has 1 atom stereocenters. The van der Waals surface area contributed by atoms with Crippen molar-refractivity contribution in [2.24, 2.45) is 0 Å². The zero-order valence-corrected chi connectivity index (χ0v) is 14.4. The van der Waals surface area contributed by atoms with Crippen molar-refractivity contribution in [2.75, 3.05) is 6.54 Å². The maximum Gasteiger partial charge on any atom is 0.305 e. The number of carbonyl (C=O) groups excluding carboxylic acids is 2. The van der Waals surface area contributed by atoms with Crippen LogP contribution in [0.1, 0.15) is 50.6 Å². The second kappa shape index (κ2) is 10.6. The fraction of sp³-hybridized carbons (Fsp3) is 0.471. The molecular formula is C17H23ClN2O4. The van der Waals surface area contributed by atoms with Gasteiger partial charge in [0.1, 0.15) is 0 Å². The van der Waals surface area contributed by atoms with Crippen LogP contribution in [0.25, 0.3) is 0 Å². The average molecular weight is 355 g/mol. The van der Waals surface area contributed by atoms with Gasteiger partial charge in [-0.25, -0.2) is 0 Å². The van der Waals surface area contributed by atoms with Crippen LogP contribution < -0.4 is 10.6 Å². The highest BCUT2D eigenvalue weighted by Crippen LogP contribution is 2.20. The molecule has 0 bridgehead atoms. The third-order valence-electron chi connectivity index (χ3n) is 3.44. The lowest BCUT2D eigenvalue weighted by atomic mass is 10.0. The first kappa shape index (κ1) is 20.0. The molecule has 0 unspecified atom stereocenters. The number of rotatable bonds is 10. The predicted molar refractivity (Wildman–Crippen MR) is 91.7 cm³/mol. The van der Waals surface area contributed by atoms with E-state index in [-0.39, 0.29) is 18.2 Å². The molecule has 0 fully saturated rings. The summed E-state index contributed by atoms with van der Waals surface area (Å²) in [6.07, 6.45) is 2.45. The van der Waals surface area contributed by atoms with E-state index in [0.717, 1.165) is 12.8 Å². The summed E-state index contributed by atoms with van der Waals surface area (Å²) in [4.78, 5) is 33.7. The number of unbranched alkanes of at least 4 members (excludes halogenated alkanes) is 2. The Hall–Kier alpha value is -2.08. The van der Waals surface area contributed by atoms with E-state index >= 15 is 0 Å². The van der Waals surface area contributed by atoms with Crippen LogP contribution in [0.15, 0.2) is 24.3 Å². The van der Waals surface area contributed by atoms with E-state index in [1.165, 1.54) is 6.92 Å². The van der Waals surface area contributed by atoms with Gasteiger partial charge in [-0.2, -0.15) is 0 Å². The molecule has 0 aromatic heterocycles. The quantitative estimate of drug-likeness (QED) is 0.563. The van der Waals surface area contributed by atoms with Crippen molar-refractivity contribution in [3.05, 3.63) is 34.9 Å². The number of carboxylic acids is 1. The summed E-state index contributed by atoms with van der Waals surface area (Å²) in [5, 5.41) is 15.0. The van der Waals surface area contributed by atoms with E-state index in [1.807, 2.05) is 0 Å². The Balaban J connectivity index is 2.42. The SMILES string of the molecule is CC(=O)NCCCCCC(=O)N[C@@H](CC(=O)O)c1ccc(Cl)cc1. The van der Waals surface area contributed by atoms with Gasteiger partial charge >= 0.3 is 5.97 Å². The van der Waals surface area contributed by atoms with E-state index in [1.54, 1.807) is 24.3 Å². The van der Waals surface area contributed by atoms with Crippen LogP contribution >= 0.6 is 11.6 Å². The van der Waals surface area contributed by atoms with Crippen LogP contribution in [-0.4, -0.2) is 29.4 Å². The van der Waals surface area contributed by atoms with Gasteiger partial charge < -0.3 is 15.7 Å². The van der Waals surface area contributed by atoms with E-state index in [0.29, 0.717) is 30.0 Å². The third kappa shape index (κ3) is 8.53. The average Bonchev–Trinajstić information content (AvgIpc) is 2.50. The van der Waals surface area contributed by atoms with Gasteiger partial charge in [-0.1, -0.05) is 30.2 Å². The van der Waals surface area contributed by atoms with Crippen molar-refractivity contribution in [3.63, 3.8) is 0 Å².